The van der Waals surface area contributed by atoms with E-state index in [-0.39, 0.29) is 11.5 Å². The van der Waals surface area contributed by atoms with Crippen molar-refractivity contribution < 1.29 is 13.5 Å². The van der Waals surface area contributed by atoms with Gasteiger partial charge in [-0.15, -0.1) is 0 Å². The predicted molar refractivity (Wildman–Crippen MR) is 89.6 cm³/mol. The first kappa shape index (κ1) is 17.4. The first-order chi connectivity index (χ1) is 9.78. The van der Waals surface area contributed by atoms with Gasteiger partial charge in [-0.1, -0.05) is 22.9 Å². The van der Waals surface area contributed by atoms with Crippen molar-refractivity contribution in [2.24, 2.45) is 5.92 Å². The van der Waals surface area contributed by atoms with Crippen molar-refractivity contribution in [1.82, 2.24) is 4.72 Å². The van der Waals surface area contributed by atoms with E-state index in [9.17, 15) is 13.5 Å². The fraction of sp³-hybridized carbons (Fsp3) is 0.571. The van der Waals surface area contributed by atoms with Gasteiger partial charge < -0.3 is 5.11 Å². The van der Waals surface area contributed by atoms with Crippen molar-refractivity contribution in [3.05, 3.63) is 27.1 Å². The van der Waals surface area contributed by atoms with Gasteiger partial charge in [0.05, 0.1) is 17.0 Å². The van der Waals surface area contributed by atoms with Crippen LogP contribution in [0.3, 0.4) is 0 Å². The summed E-state index contributed by atoms with van der Waals surface area (Å²) in [6.45, 7) is 1.98. The largest absolute Gasteiger partial charge is 0.394 e. The second-order valence-corrected chi connectivity index (χ2v) is 9.22. The maximum Gasteiger partial charge on any atom is 0.242 e. The van der Waals surface area contributed by atoms with Crippen LogP contribution in [0.2, 0.25) is 0 Å². The lowest BCUT2D eigenvalue weighted by Crippen LogP contribution is -2.53. The third-order valence-corrected chi connectivity index (χ3v) is 7.12. The van der Waals surface area contributed by atoms with Crippen LogP contribution in [-0.4, -0.2) is 25.7 Å². The molecule has 0 heterocycles. The minimum Gasteiger partial charge on any atom is -0.394 e. The third-order valence-electron chi connectivity index (χ3n) is 4.07. The Kier molecular flexibility index (Phi) is 5.52. The number of rotatable bonds is 4. The topological polar surface area (TPSA) is 66.4 Å². The van der Waals surface area contributed by atoms with E-state index >= 15 is 0 Å². The van der Waals surface area contributed by atoms with Crippen LogP contribution in [-0.2, 0) is 10.0 Å². The maximum absolute atomic E-state index is 12.6. The smallest absolute Gasteiger partial charge is 0.242 e. The lowest BCUT2D eigenvalue weighted by molar-refractivity contribution is 0.125. The Balaban J connectivity index is 2.27. The highest BCUT2D eigenvalue weighted by atomic mass is 79.9. The van der Waals surface area contributed by atoms with E-state index in [1.165, 1.54) is 0 Å². The minimum absolute atomic E-state index is 0.174. The van der Waals surface area contributed by atoms with Crippen LogP contribution < -0.4 is 4.72 Å². The van der Waals surface area contributed by atoms with Crippen molar-refractivity contribution in [3.63, 3.8) is 0 Å². The summed E-state index contributed by atoms with van der Waals surface area (Å²) < 4.78 is 29.3. The van der Waals surface area contributed by atoms with E-state index < -0.39 is 15.6 Å². The molecule has 0 radical (unpaired) electrons. The third kappa shape index (κ3) is 4.07. The molecule has 0 amide bonds. The number of benzene rings is 1. The number of sulfonamides is 1. The van der Waals surface area contributed by atoms with Crippen molar-refractivity contribution >= 4 is 41.9 Å². The molecule has 0 aliphatic heterocycles. The van der Waals surface area contributed by atoms with Crippen LogP contribution in [0.5, 0.6) is 0 Å². The van der Waals surface area contributed by atoms with Crippen LogP contribution in [0.25, 0.3) is 0 Å². The van der Waals surface area contributed by atoms with E-state index in [1.54, 1.807) is 18.2 Å². The fourth-order valence-electron chi connectivity index (χ4n) is 2.64. The number of nitrogens with one attached hydrogen (secondary N) is 1. The Morgan fingerprint density at radius 1 is 1.33 bits per heavy atom. The van der Waals surface area contributed by atoms with E-state index in [1.807, 2.05) is 0 Å². The van der Waals surface area contributed by atoms with Crippen molar-refractivity contribution in [1.29, 1.82) is 0 Å². The van der Waals surface area contributed by atoms with E-state index in [2.05, 4.69) is 43.5 Å². The molecule has 0 bridgehead atoms. The standard InChI is InChI=1S/C14H19Br2NO3S/c1-10-4-6-14(9-18,7-5-10)17-21(19,20)13-3-2-11(15)8-12(13)16/h2-3,8,10,17-18H,4-7,9H2,1H3. The Bertz CT molecular complexity index is 611. The highest BCUT2D eigenvalue weighted by Crippen LogP contribution is 2.34. The molecule has 0 aromatic heterocycles. The maximum atomic E-state index is 12.6. The monoisotopic (exact) mass is 439 g/mol. The van der Waals surface area contributed by atoms with Crippen molar-refractivity contribution in [2.45, 2.75) is 43.0 Å². The molecule has 118 valence electrons. The van der Waals surface area contributed by atoms with Gasteiger partial charge in [-0.3, -0.25) is 0 Å². The van der Waals surface area contributed by atoms with E-state index in [0.29, 0.717) is 23.2 Å². The van der Waals surface area contributed by atoms with E-state index in [4.69, 9.17) is 0 Å². The van der Waals surface area contributed by atoms with Crippen LogP contribution in [0.15, 0.2) is 32.0 Å². The molecule has 21 heavy (non-hydrogen) atoms. The van der Waals surface area contributed by atoms with Crippen LogP contribution in [0.4, 0.5) is 0 Å². The molecular weight excluding hydrogens is 422 g/mol. The van der Waals surface area contributed by atoms with Gasteiger partial charge in [0.2, 0.25) is 10.0 Å². The predicted octanol–water partition coefficient (Wildman–Crippen LogP) is 3.43. The number of aliphatic hydroxyl groups excluding tert-OH is 1. The number of hydrogen-bond acceptors (Lipinski definition) is 3. The lowest BCUT2D eigenvalue weighted by Gasteiger charge is -2.38. The zero-order chi connectivity index (χ0) is 15.7. The molecular formula is C14H19Br2NO3S. The Labute approximate surface area is 142 Å². The van der Waals surface area contributed by atoms with Crippen LogP contribution in [0, 0.1) is 5.92 Å². The summed E-state index contributed by atoms with van der Waals surface area (Å²) in [5, 5.41) is 9.71. The highest BCUT2D eigenvalue weighted by molar-refractivity contribution is 9.11. The molecule has 0 unspecified atom stereocenters. The molecule has 2 rings (SSSR count). The number of hydrogen-bond donors (Lipinski definition) is 2. The number of aliphatic hydroxyl groups is 1. The first-order valence-electron chi connectivity index (χ1n) is 6.88. The molecule has 1 aromatic carbocycles. The molecule has 0 atom stereocenters. The SMILES string of the molecule is CC1CCC(CO)(NS(=O)(=O)c2ccc(Br)cc2Br)CC1. The first-order valence-corrected chi connectivity index (χ1v) is 9.95. The molecule has 1 saturated carbocycles. The molecule has 4 nitrogen and oxygen atoms in total. The summed E-state index contributed by atoms with van der Waals surface area (Å²) in [5.41, 5.74) is -0.738. The molecule has 0 spiro atoms. The van der Waals surface area contributed by atoms with Gasteiger partial charge in [0.15, 0.2) is 0 Å². The molecule has 2 N–H and O–H groups in total. The molecule has 1 aromatic rings. The molecule has 7 heteroatoms. The summed E-state index contributed by atoms with van der Waals surface area (Å²) in [6.07, 6.45) is 3.17. The van der Waals surface area contributed by atoms with Gasteiger partial charge in [0.1, 0.15) is 0 Å². The van der Waals surface area contributed by atoms with Crippen LogP contribution in [0.1, 0.15) is 32.6 Å². The second-order valence-electron chi connectivity index (χ2n) is 5.80. The summed E-state index contributed by atoms with van der Waals surface area (Å²) in [7, 11) is -3.67. The highest BCUT2D eigenvalue weighted by Gasteiger charge is 2.38. The molecule has 0 saturated heterocycles. The Morgan fingerprint density at radius 2 is 1.95 bits per heavy atom. The molecule has 1 fully saturated rings. The normalized spacial score (nSPS) is 26.8. The summed E-state index contributed by atoms with van der Waals surface area (Å²) in [5.74, 6) is 0.577. The quantitative estimate of drug-likeness (QED) is 0.753. The molecule has 1 aliphatic rings. The lowest BCUT2D eigenvalue weighted by atomic mass is 9.78. The summed E-state index contributed by atoms with van der Waals surface area (Å²) in [4.78, 5) is 0.192. The van der Waals surface area contributed by atoms with Gasteiger partial charge in [-0.2, -0.15) is 0 Å². The molecule has 1 aliphatic carbocycles. The van der Waals surface area contributed by atoms with Gasteiger partial charge in [-0.05, 0) is 65.7 Å². The zero-order valence-corrected chi connectivity index (χ0v) is 15.8. The Morgan fingerprint density at radius 3 is 2.48 bits per heavy atom. The van der Waals surface area contributed by atoms with Gasteiger partial charge in [0.25, 0.3) is 0 Å². The fourth-order valence-corrected chi connectivity index (χ4v) is 5.84. The van der Waals surface area contributed by atoms with Gasteiger partial charge in [0, 0.05) is 8.95 Å². The van der Waals surface area contributed by atoms with Crippen molar-refractivity contribution in [2.75, 3.05) is 6.61 Å². The Hall–Kier alpha value is 0.0500. The summed E-state index contributed by atoms with van der Waals surface area (Å²) >= 11 is 6.59. The van der Waals surface area contributed by atoms with Crippen molar-refractivity contribution in [3.8, 4) is 0 Å². The van der Waals surface area contributed by atoms with Crippen LogP contribution >= 0.6 is 31.9 Å². The number of halogens is 2. The average Bonchev–Trinajstić information content (AvgIpc) is 2.41. The van der Waals surface area contributed by atoms with Gasteiger partial charge >= 0.3 is 0 Å². The second kappa shape index (κ2) is 6.66. The zero-order valence-electron chi connectivity index (χ0n) is 11.8. The summed E-state index contributed by atoms with van der Waals surface area (Å²) in [6, 6.07) is 4.93. The van der Waals surface area contributed by atoms with E-state index in [0.717, 1.165) is 17.3 Å². The minimum atomic E-state index is -3.67. The van der Waals surface area contributed by atoms with Gasteiger partial charge in [-0.25, -0.2) is 13.1 Å². The average molecular weight is 441 g/mol.